The highest BCUT2D eigenvalue weighted by Crippen LogP contribution is 2.31. The Kier molecular flexibility index (Phi) is 6.56. The first-order chi connectivity index (χ1) is 6.86. The molecule has 0 fully saturated rings. The first kappa shape index (κ1) is 12.3. The van der Waals surface area contributed by atoms with E-state index in [1.54, 1.807) is 11.9 Å². The van der Waals surface area contributed by atoms with Crippen LogP contribution in [-0.4, -0.2) is 9.07 Å². The van der Waals surface area contributed by atoms with E-state index in [2.05, 4.69) is 34.9 Å². The van der Waals surface area contributed by atoms with E-state index in [1.807, 2.05) is 18.1 Å². The highest BCUT2D eigenvalue weighted by molar-refractivity contribution is 8.13. The number of nitrogens with zero attached hydrogens (tertiary/aromatic N) is 1. The monoisotopic (exact) mass is 231 g/mol. The van der Waals surface area contributed by atoms with Crippen LogP contribution in [-0.2, 0) is 0 Å². The molecule has 0 aromatic carbocycles. The summed E-state index contributed by atoms with van der Waals surface area (Å²) in [6.45, 7) is 4.48. The van der Waals surface area contributed by atoms with Gasteiger partial charge in [0.1, 0.15) is 0 Å². The van der Waals surface area contributed by atoms with Gasteiger partial charge in [-0.25, -0.2) is 0 Å². The molecule has 0 saturated carbocycles. The summed E-state index contributed by atoms with van der Waals surface area (Å²) in [5, 5.41) is 2.72. The Hall–Kier alpha value is 0.200. The van der Waals surface area contributed by atoms with Crippen molar-refractivity contribution in [1.29, 1.82) is 0 Å². The average Bonchev–Trinajstić information content (AvgIpc) is 2.67. The summed E-state index contributed by atoms with van der Waals surface area (Å²) in [4.78, 5) is 0. The standard InChI is InChI=1S/C10H19N2S2/c1-3-5-7-10(6-4-2)14-12-11-8-9-13-12/h7-11H,3-6H2,1-2H3. The third-order valence-corrected chi connectivity index (χ3v) is 3.99. The molecule has 1 unspecified atom stereocenters. The zero-order valence-corrected chi connectivity index (χ0v) is 10.5. The van der Waals surface area contributed by atoms with Gasteiger partial charge in [0, 0.05) is 16.9 Å². The lowest BCUT2D eigenvalue weighted by Gasteiger charge is -2.20. The van der Waals surface area contributed by atoms with Crippen molar-refractivity contribution in [3.8, 4) is 0 Å². The molecule has 1 rings (SSSR count). The number of rotatable bonds is 7. The van der Waals surface area contributed by atoms with E-state index >= 15 is 0 Å². The number of hydrazine groups is 1. The molecule has 2 nitrogen and oxygen atoms in total. The van der Waals surface area contributed by atoms with Gasteiger partial charge in [-0.3, -0.25) is 0 Å². The van der Waals surface area contributed by atoms with Gasteiger partial charge in [-0.2, -0.15) is 0 Å². The van der Waals surface area contributed by atoms with Gasteiger partial charge in [0.15, 0.2) is 0 Å². The smallest absolute Gasteiger partial charge is 0.0253 e. The van der Waals surface area contributed by atoms with Crippen LogP contribution in [0, 0.1) is 6.42 Å². The number of hydrogen-bond donors (Lipinski definition) is 1. The molecular weight excluding hydrogens is 212 g/mol. The summed E-state index contributed by atoms with van der Waals surface area (Å²) in [5.41, 5.74) is 3.18. The highest BCUT2D eigenvalue weighted by atomic mass is 32.2. The minimum absolute atomic E-state index is 0.653. The molecule has 1 N–H and O–H groups in total. The first-order valence-corrected chi connectivity index (χ1v) is 6.92. The normalized spacial score (nSPS) is 18.4. The van der Waals surface area contributed by atoms with Gasteiger partial charge in [0.25, 0.3) is 0 Å². The van der Waals surface area contributed by atoms with Crippen LogP contribution in [0.25, 0.3) is 0 Å². The van der Waals surface area contributed by atoms with Crippen LogP contribution in [0.4, 0.5) is 0 Å². The zero-order chi connectivity index (χ0) is 10.2. The minimum atomic E-state index is 0.653. The van der Waals surface area contributed by atoms with Gasteiger partial charge in [0.05, 0.1) is 0 Å². The average molecular weight is 231 g/mol. The predicted octanol–water partition coefficient (Wildman–Crippen LogP) is 3.75. The van der Waals surface area contributed by atoms with Crippen molar-refractivity contribution < 1.29 is 0 Å². The Balaban J connectivity index is 2.19. The van der Waals surface area contributed by atoms with Crippen molar-refractivity contribution in [3.05, 3.63) is 18.0 Å². The Morgan fingerprint density at radius 2 is 2.36 bits per heavy atom. The molecular formula is C10H19N2S2. The minimum Gasteiger partial charge on any atom is -0.306 e. The third kappa shape index (κ3) is 4.62. The van der Waals surface area contributed by atoms with Crippen LogP contribution in [0.15, 0.2) is 11.6 Å². The Morgan fingerprint density at radius 3 is 2.93 bits per heavy atom. The molecule has 0 amide bonds. The summed E-state index contributed by atoms with van der Waals surface area (Å²) >= 11 is 3.60. The second-order valence-electron chi connectivity index (χ2n) is 3.25. The number of hydrogen-bond acceptors (Lipinski definition) is 4. The van der Waals surface area contributed by atoms with E-state index < -0.39 is 0 Å². The van der Waals surface area contributed by atoms with E-state index in [1.165, 1.54) is 25.7 Å². The van der Waals surface area contributed by atoms with Crippen LogP contribution < -0.4 is 5.43 Å². The summed E-state index contributed by atoms with van der Waals surface area (Å²) in [6, 6.07) is 0. The molecule has 0 bridgehead atoms. The largest absolute Gasteiger partial charge is 0.306 e. The summed E-state index contributed by atoms with van der Waals surface area (Å²) in [6.07, 6.45) is 9.41. The van der Waals surface area contributed by atoms with Gasteiger partial charge < -0.3 is 5.43 Å². The van der Waals surface area contributed by atoms with Crippen LogP contribution in [0.2, 0.25) is 0 Å². The zero-order valence-electron chi connectivity index (χ0n) is 8.90. The second kappa shape index (κ2) is 7.49. The van der Waals surface area contributed by atoms with Crippen LogP contribution in [0.1, 0.15) is 39.5 Å². The van der Waals surface area contributed by atoms with E-state index in [9.17, 15) is 0 Å². The molecule has 1 aliphatic heterocycles. The maximum atomic E-state index is 3.18. The molecule has 0 aromatic rings. The molecule has 0 spiro atoms. The first-order valence-electron chi connectivity index (χ1n) is 5.25. The van der Waals surface area contributed by atoms with Gasteiger partial charge in [-0.1, -0.05) is 26.7 Å². The van der Waals surface area contributed by atoms with Crippen LogP contribution >= 0.6 is 23.9 Å². The number of nitrogens with one attached hydrogen (secondary N) is 1. The molecule has 4 heteroatoms. The molecule has 14 heavy (non-hydrogen) atoms. The predicted molar refractivity (Wildman–Crippen MR) is 67.2 cm³/mol. The van der Waals surface area contributed by atoms with Crippen molar-refractivity contribution in [2.24, 2.45) is 0 Å². The van der Waals surface area contributed by atoms with Gasteiger partial charge in [-0.05, 0) is 43.2 Å². The van der Waals surface area contributed by atoms with Crippen molar-refractivity contribution in [3.63, 3.8) is 0 Å². The lowest BCUT2D eigenvalue weighted by molar-refractivity contribution is 0.650. The van der Waals surface area contributed by atoms with Crippen molar-refractivity contribution in [1.82, 2.24) is 9.25 Å². The SMILES string of the molecule is CCC[CH]C(CCC)SN1NC=CS1. The van der Waals surface area contributed by atoms with Gasteiger partial charge >= 0.3 is 0 Å². The molecule has 1 atom stereocenters. The fourth-order valence-electron chi connectivity index (χ4n) is 1.24. The van der Waals surface area contributed by atoms with Crippen molar-refractivity contribution >= 4 is 23.9 Å². The second-order valence-corrected chi connectivity index (χ2v) is 5.51. The topological polar surface area (TPSA) is 15.3 Å². The third-order valence-electron chi connectivity index (χ3n) is 1.93. The molecule has 1 heterocycles. The maximum Gasteiger partial charge on any atom is 0.0253 e. The van der Waals surface area contributed by atoms with Crippen molar-refractivity contribution in [2.75, 3.05) is 0 Å². The molecule has 81 valence electrons. The van der Waals surface area contributed by atoms with Crippen LogP contribution in [0.3, 0.4) is 0 Å². The quantitative estimate of drug-likeness (QED) is 0.671. The maximum absolute atomic E-state index is 3.18. The molecule has 0 aromatic heterocycles. The Morgan fingerprint density at radius 1 is 1.50 bits per heavy atom. The Labute approximate surface area is 96.1 Å². The van der Waals surface area contributed by atoms with E-state index in [4.69, 9.17) is 0 Å². The van der Waals surface area contributed by atoms with Gasteiger partial charge in [0.2, 0.25) is 0 Å². The van der Waals surface area contributed by atoms with Crippen LogP contribution in [0.5, 0.6) is 0 Å². The molecule has 0 aliphatic carbocycles. The summed E-state index contributed by atoms with van der Waals surface area (Å²) < 4.78 is 2.12. The Bertz CT molecular complexity index is 166. The summed E-state index contributed by atoms with van der Waals surface area (Å²) in [5.74, 6) is 0. The fraction of sp³-hybridized carbons (Fsp3) is 0.700. The van der Waals surface area contributed by atoms with E-state index in [0.717, 1.165) is 0 Å². The highest BCUT2D eigenvalue weighted by Gasteiger charge is 2.15. The molecule has 1 radical (unpaired) electrons. The number of unbranched alkanes of at least 4 members (excludes halogenated alkanes) is 1. The lowest BCUT2D eigenvalue weighted by Crippen LogP contribution is -2.20. The molecule has 0 saturated heterocycles. The van der Waals surface area contributed by atoms with Gasteiger partial charge in [-0.15, -0.1) is 3.82 Å². The van der Waals surface area contributed by atoms with E-state index in [-0.39, 0.29) is 0 Å². The van der Waals surface area contributed by atoms with Crippen molar-refractivity contribution in [2.45, 2.75) is 44.8 Å². The molecule has 1 aliphatic rings. The van der Waals surface area contributed by atoms with E-state index in [0.29, 0.717) is 5.25 Å². The lowest BCUT2D eigenvalue weighted by atomic mass is 10.1. The summed E-state index contributed by atoms with van der Waals surface area (Å²) in [7, 11) is 0. The fourth-order valence-corrected chi connectivity index (χ4v) is 3.20.